The van der Waals surface area contributed by atoms with Crippen LogP contribution in [-0.4, -0.2) is 9.55 Å². The monoisotopic (exact) mass is 652 g/mol. The minimum Gasteiger partial charge on any atom is -0.309 e. The fraction of sp³-hybridized carbons (Fsp3) is 0.0816. The van der Waals surface area contributed by atoms with E-state index >= 15 is 0 Å². The lowest BCUT2D eigenvalue weighted by molar-refractivity contribution is 0.591. The minimum atomic E-state index is 0.0606. The van der Waals surface area contributed by atoms with Gasteiger partial charge in [-0.15, -0.1) is 0 Å². The van der Waals surface area contributed by atoms with E-state index in [1.54, 1.807) is 0 Å². The Balaban J connectivity index is 1.26. The summed E-state index contributed by atoms with van der Waals surface area (Å²) in [6.07, 6.45) is 3.76. The Morgan fingerprint density at radius 2 is 1.10 bits per heavy atom. The van der Waals surface area contributed by atoms with Gasteiger partial charge in [-0.05, 0) is 119 Å². The Morgan fingerprint density at radius 1 is 0.451 bits per heavy atom. The number of fused-ring (bicyclic) bond motifs is 3. The average molecular weight is 653 g/mol. The van der Waals surface area contributed by atoms with Crippen molar-refractivity contribution in [1.29, 1.82) is 0 Å². The third-order valence-electron chi connectivity index (χ3n) is 10.8. The lowest BCUT2D eigenvalue weighted by Crippen LogP contribution is -2.10. The van der Waals surface area contributed by atoms with Gasteiger partial charge in [0.15, 0.2) is 0 Å². The van der Waals surface area contributed by atoms with Gasteiger partial charge in [-0.2, -0.15) is 0 Å². The molecule has 0 fully saturated rings. The van der Waals surface area contributed by atoms with Gasteiger partial charge in [0.1, 0.15) is 0 Å². The molecule has 242 valence electrons. The van der Waals surface area contributed by atoms with E-state index in [9.17, 15) is 0 Å². The van der Waals surface area contributed by atoms with Crippen LogP contribution in [-0.2, 0) is 5.41 Å². The smallest absolute Gasteiger partial charge is 0.0541 e. The van der Waals surface area contributed by atoms with E-state index < -0.39 is 0 Å². The Bertz CT molecular complexity index is 2890. The highest BCUT2D eigenvalue weighted by Crippen LogP contribution is 2.46. The number of nitrogens with zero attached hydrogens (tertiary/aromatic N) is 2. The van der Waals surface area contributed by atoms with Gasteiger partial charge in [0, 0.05) is 28.9 Å². The molecule has 0 aliphatic heterocycles. The number of para-hydroxylation sites is 2. The molecular weight excluding hydrogens is 617 g/mol. The zero-order valence-electron chi connectivity index (χ0n) is 29.0. The molecule has 2 heterocycles. The average Bonchev–Trinajstić information content (AvgIpc) is 3.50. The summed E-state index contributed by atoms with van der Waals surface area (Å²) in [6.45, 7) is 6.91. The van der Waals surface area contributed by atoms with Crippen molar-refractivity contribution in [3.63, 3.8) is 0 Å². The van der Waals surface area contributed by atoms with Gasteiger partial charge in [-0.25, -0.2) is 0 Å². The van der Waals surface area contributed by atoms with Gasteiger partial charge in [0.25, 0.3) is 0 Å². The van der Waals surface area contributed by atoms with Crippen molar-refractivity contribution in [2.45, 2.75) is 26.2 Å². The normalized spacial score (nSPS) is 12.2. The number of rotatable bonds is 4. The maximum absolute atomic E-state index is 4.35. The second kappa shape index (κ2) is 11.1. The maximum Gasteiger partial charge on any atom is 0.0541 e. The summed E-state index contributed by atoms with van der Waals surface area (Å²) < 4.78 is 2.39. The van der Waals surface area contributed by atoms with E-state index in [2.05, 4.69) is 176 Å². The van der Waals surface area contributed by atoms with Crippen LogP contribution in [0.3, 0.4) is 0 Å². The molecule has 0 unspecified atom stereocenters. The quantitative estimate of drug-likeness (QED) is 0.173. The molecule has 0 spiro atoms. The molecule has 10 rings (SSSR count). The van der Waals surface area contributed by atoms with Gasteiger partial charge in [-0.3, -0.25) is 4.98 Å². The Labute approximate surface area is 297 Å². The first-order valence-electron chi connectivity index (χ1n) is 17.8. The van der Waals surface area contributed by atoms with Gasteiger partial charge >= 0.3 is 0 Å². The van der Waals surface area contributed by atoms with Crippen LogP contribution in [0, 0.1) is 0 Å². The number of aromatic nitrogens is 2. The Morgan fingerprint density at radius 3 is 1.80 bits per heavy atom. The van der Waals surface area contributed by atoms with Gasteiger partial charge in [0.05, 0.1) is 11.0 Å². The molecule has 0 saturated heterocycles. The molecule has 2 aromatic heterocycles. The third kappa shape index (κ3) is 4.67. The summed E-state index contributed by atoms with van der Waals surface area (Å²) in [6, 6.07) is 56.2. The zero-order valence-corrected chi connectivity index (χ0v) is 29.0. The SMILES string of the molecule is CC(C)(C)c1cc2ccc3c(-c4ccc(-c5cccnc5)cc4)cc(-c4ccc5c(c4)c4ccccc4n5-c4ccccc4)c4ccc(c1)c2c34. The molecule has 10 aromatic rings. The van der Waals surface area contributed by atoms with Crippen LogP contribution in [0.1, 0.15) is 26.3 Å². The Kier molecular flexibility index (Phi) is 6.47. The minimum absolute atomic E-state index is 0.0606. The van der Waals surface area contributed by atoms with Crippen LogP contribution in [0.4, 0.5) is 0 Å². The standard InChI is InChI=1S/C49H36N2/c1-49(2,3)37-26-34-19-22-40-42(32-17-15-31(16-18-32)36-10-9-25-50-30-36)29-43(41-23-20-35(27-37)47(34)48(40)41)33-21-24-46-44(28-33)39-13-7-8-14-45(39)51(46)38-11-5-4-6-12-38/h4-30H,1-3H3. The number of pyridine rings is 1. The van der Waals surface area contributed by atoms with Gasteiger partial charge in [0.2, 0.25) is 0 Å². The Hall–Kier alpha value is -6.25. The summed E-state index contributed by atoms with van der Waals surface area (Å²) in [4.78, 5) is 4.35. The van der Waals surface area contributed by atoms with Crippen molar-refractivity contribution < 1.29 is 0 Å². The van der Waals surface area contributed by atoms with E-state index in [0.717, 1.165) is 5.56 Å². The first kappa shape index (κ1) is 29.6. The third-order valence-corrected chi connectivity index (χ3v) is 10.8. The van der Waals surface area contributed by atoms with E-state index in [-0.39, 0.29) is 5.41 Å². The van der Waals surface area contributed by atoms with Gasteiger partial charge < -0.3 is 4.57 Å². The maximum atomic E-state index is 4.35. The molecule has 0 saturated carbocycles. The highest BCUT2D eigenvalue weighted by Gasteiger charge is 2.21. The molecule has 0 N–H and O–H groups in total. The molecule has 2 nitrogen and oxygen atoms in total. The van der Waals surface area contributed by atoms with Crippen LogP contribution in [0.2, 0.25) is 0 Å². The van der Waals surface area contributed by atoms with Crippen LogP contribution < -0.4 is 0 Å². The second-order valence-electron chi connectivity index (χ2n) is 14.9. The molecule has 0 amide bonds. The molecule has 0 bridgehead atoms. The molecule has 0 aliphatic carbocycles. The molecular formula is C49H36N2. The van der Waals surface area contributed by atoms with Crippen LogP contribution in [0.25, 0.3) is 93.2 Å². The summed E-state index contributed by atoms with van der Waals surface area (Å²) in [5.74, 6) is 0. The summed E-state index contributed by atoms with van der Waals surface area (Å²) in [5.41, 5.74) is 12.2. The fourth-order valence-electron chi connectivity index (χ4n) is 8.20. The highest BCUT2D eigenvalue weighted by atomic mass is 15.0. The van der Waals surface area contributed by atoms with Crippen molar-refractivity contribution in [2.24, 2.45) is 0 Å². The summed E-state index contributed by atoms with van der Waals surface area (Å²) >= 11 is 0. The van der Waals surface area contributed by atoms with Gasteiger partial charge in [-0.1, -0.05) is 130 Å². The van der Waals surface area contributed by atoms with Crippen molar-refractivity contribution in [3.8, 4) is 39.1 Å². The molecule has 0 atom stereocenters. The first-order chi connectivity index (χ1) is 24.9. The van der Waals surface area contributed by atoms with E-state index in [1.165, 1.54) is 93.2 Å². The molecule has 0 aliphatic rings. The lowest BCUT2D eigenvalue weighted by atomic mass is 9.81. The lowest BCUT2D eigenvalue weighted by Gasteiger charge is -2.23. The summed E-state index contributed by atoms with van der Waals surface area (Å²) in [7, 11) is 0. The topological polar surface area (TPSA) is 17.8 Å². The zero-order chi connectivity index (χ0) is 34.3. The van der Waals surface area contributed by atoms with Crippen LogP contribution >= 0.6 is 0 Å². The van der Waals surface area contributed by atoms with Crippen molar-refractivity contribution in [1.82, 2.24) is 9.55 Å². The van der Waals surface area contributed by atoms with Crippen molar-refractivity contribution in [3.05, 3.63) is 170 Å². The number of hydrogen-bond acceptors (Lipinski definition) is 1. The highest BCUT2D eigenvalue weighted by molar-refractivity contribution is 6.28. The molecule has 2 heteroatoms. The predicted octanol–water partition coefficient (Wildman–Crippen LogP) is 13.4. The second-order valence-corrected chi connectivity index (χ2v) is 14.9. The van der Waals surface area contributed by atoms with Crippen LogP contribution in [0.15, 0.2) is 164 Å². The molecule has 51 heavy (non-hydrogen) atoms. The molecule has 0 radical (unpaired) electrons. The van der Waals surface area contributed by atoms with E-state index in [4.69, 9.17) is 0 Å². The molecule has 8 aromatic carbocycles. The van der Waals surface area contributed by atoms with Crippen molar-refractivity contribution in [2.75, 3.05) is 0 Å². The van der Waals surface area contributed by atoms with Crippen molar-refractivity contribution >= 4 is 54.1 Å². The predicted molar refractivity (Wildman–Crippen MR) is 217 cm³/mol. The van der Waals surface area contributed by atoms with Crippen LogP contribution in [0.5, 0.6) is 0 Å². The largest absolute Gasteiger partial charge is 0.309 e. The van der Waals surface area contributed by atoms with E-state index in [1.807, 2.05) is 18.5 Å². The number of hydrogen-bond donors (Lipinski definition) is 0. The number of benzene rings is 8. The van der Waals surface area contributed by atoms with E-state index in [0.29, 0.717) is 0 Å². The first-order valence-corrected chi connectivity index (χ1v) is 17.8. The fourth-order valence-corrected chi connectivity index (χ4v) is 8.20. The summed E-state index contributed by atoms with van der Waals surface area (Å²) in [5, 5.41) is 10.4.